The van der Waals surface area contributed by atoms with Crippen LogP contribution in [0.25, 0.3) is 6.08 Å². The van der Waals surface area contributed by atoms with Gasteiger partial charge in [0.2, 0.25) is 5.91 Å². The van der Waals surface area contributed by atoms with E-state index >= 15 is 0 Å². The van der Waals surface area contributed by atoms with E-state index in [1.54, 1.807) is 6.08 Å². The molecule has 1 fully saturated rings. The van der Waals surface area contributed by atoms with E-state index in [1.165, 1.54) is 11.0 Å². The summed E-state index contributed by atoms with van der Waals surface area (Å²) in [5.41, 5.74) is 0.862. The van der Waals surface area contributed by atoms with Gasteiger partial charge in [-0.25, -0.2) is 4.79 Å². The quantitative estimate of drug-likeness (QED) is 0.852. The number of carboxylic acids is 1. The third-order valence-corrected chi connectivity index (χ3v) is 3.73. The fourth-order valence-electron chi connectivity index (χ4n) is 1.94. The Labute approximate surface area is 125 Å². The number of carbonyl (C=O) groups excluding carboxylic acids is 1. The maximum Gasteiger partial charge on any atom is 0.328 e. The van der Waals surface area contributed by atoms with Crippen molar-refractivity contribution in [3.8, 4) is 0 Å². The maximum absolute atomic E-state index is 12.1. The molecule has 2 rings (SSSR count). The highest BCUT2D eigenvalue weighted by Crippen LogP contribution is 2.17. The first-order valence-corrected chi connectivity index (χ1v) is 6.92. The number of amides is 1. The van der Waals surface area contributed by atoms with Crippen LogP contribution in [0.4, 0.5) is 0 Å². The Bertz CT molecular complexity index is 544. The normalized spacial score (nSPS) is 19.2. The first-order valence-electron chi connectivity index (χ1n) is 6.13. The first-order chi connectivity index (χ1) is 9.59. The molecule has 1 aromatic carbocycles. The lowest BCUT2D eigenvalue weighted by Gasteiger charge is -2.32. The summed E-state index contributed by atoms with van der Waals surface area (Å²) in [6.07, 6.45) is 3.06. The second-order valence-corrected chi connectivity index (χ2v) is 5.17. The minimum absolute atomic E-state index is 0.0317. The van der Waals surface area contributed by atoms with Gasteiger partial charge in [0.15, 0.2) is 6.04 Å². The molecule has 1 aliphatic rings. The van der Waals surface area contributed by atoms with Gasteiger partial charge in [0.1, 0.15) is 0 Å². The minimum Gasteiger partial charge on any atom is -0.480 e. The van der Waals surface area contributed by atoms with Crippen molar-refractivity contribution in [3.05, 3.63) is 40.4 Å². The molecule has 20 heavy (non-hydrogen) atoms. The van der Waals surface area contributed by atoms with E-state index in [2.05, 4.69) is 15.9 Å². The highest BCUT2D eigenvalue weighted by molar-refractivity contribution is 9.10. The zero-order valence-corrected chi connectivity index (χ0v) is 12.2. The Morgan fingerprint density at radius 2 is 2.15 bits per heavy atom. The summed E-state index contributed by atoms with van der Waals surface area (Å²) >= 11 is 3.39. The van der Waals surface area contributed by atoms with E-state index in [1.807, 2.05) is 24.3 Å². The van der Waals surface area contributed by atoms with Gasteiger partial charge in [-0.15, -0.1) is 0 Å². The summed E-state index contributed by atoms with van der Waals surface area (Å²) < 4.78 is 5.98. The molecule has 1 amide bonds. The van der Waals surface area contributed by atoms with Crippen molar-refractivity contribution < 1.29 is 19.4 Å². The van der Waals surface area contributed by atoms with Gasteiger partial charge in [-0.05, 0) is 17.7 Å². The van der Waals surface area contributed by atoms with Crippen molar-refractivity contribution in [1.29, 1.82) is 0 Å². The average molecular weight is 340 g/mol. The maximum atomic E-state index is 12.1. The van der Waals surface area contributed by atoms with Gasteiger partial charge in [-0.1, -0.05) is 34.1 Å². The summed E-state index contributed by atoms with van der Waals surface area (Å²) in [6, 6.07) is 6.57. The molecule has 1 heterocycles. The molecule has 5 nitrogen and oxygen atoms in total. The van der Waals surface area contributed by atoms with Gasteiger partial charge in [-0.2, -0.15) is 0 Å². The number of nitrogens with zero attached hydrogens (tertiary/aromatic N) is 1. The molecule has 1 saturated heterocycles. The van der Waals surface area contributed by atoms with Crippen LogP contribution < -0.4 is 0 Å². The second kappa shape index (κ2) is 6.67. The van der Waals surface area contributed by atoms with Crippen molar-refractivity contribution in [2.45, 2.75) is 6.04 Å². The van der Waals surface area contributed by atoms with Crippen molar-refractivity contribution in [3.63, 3.8) is 0 Å². The summed E-state index contributed by atoms with van der Waals surface area (Å²) in [4.78, 5) is 24.5. The lowest BCUT2D eigenvalue weighted by molar-refractivity contribution is -0.156. The molecule has 6 heteroatoms. The zero-order chi connectivity index (χ0) is 14.5. The van der Waals surface area contributed by atoms with Crippen molar-refractivity contribution in [2.75, 3.05) is 19.8 Å². The van der Waals surface area contributed by atoms with Gasteiger partial charge < -0.3 is 14.7 Å². The van der Waals surface area contributed by atoms with E-state index in [-0.39, 0.29) is 19.1 Å². The van der Waals surface area contributed by atoms with Crippen molar-refractivity contribution in [2.24, 2.45) is 0 Å². The topological polar surface area (TPSA) is 66.8 Å². The van der Waals surface area contributed by atoms with Gasteiger partial charge in [-0.3, -0.25) is 4.79 Å². The van der Waals surface area contributed by atoms with Crippen LogP contribution in [-0.2, 0) is 14.3 Å². The molecule has 1 aliphatic heterocycles. The monoisotopic (exact) mass is 339 g/mol. The van der Waals surface area contributed by atoms with Crippen LogP contribution in [0, 0.1) is 0 Å². The number of morpholine rings is 1. The van der Waals surface area contributed by atoms with Gasteiger partial charge in [0, 0.05) is 17.1 Å². The highest BCUT2D eigenvalue weighted by Gasteiger charge is 2.31. The second-order valence-electron chi connectivity index (χ2n) is 4.32. The largest absolute Gasteiger partial charge is 0.480 e. The highest BCUT2D eigenvalue weighted by atomic mass is 79.9. The molecule has 0 radical (unpaired) electrons. The standard InChI is InChI=1S/C14H14BrNO4/c15-11-4-2-1-3-10(11)5-6-13(17)16-7-8-20-9-12(16)14(18)19/h1-6,12H,7-9H2,(H,18,19). The van der Waals surface area contributed by atoms with Crippen LogP contribution in [0.2, 0.25) is 0 Å². The Morgan fingerprint density at radius 1 is 1.40 bits per heavy atom. The van der Waals surface area contributed by atoms with E-state index < -0.39 is 12.0 Å². The van der Waals surface area contributed by atoms with E-state index in [4.69, 9.17) is 9.84 Å². The molecule has 1 unspecified atom stereocenters. The summed E-state index contributed by atoms with van der Waals surface area (Å²) in [7, 11) is 0. The molecule has 1 aromatic rings. The predicted molar refractivity (Wildman–Crippen MR) is 77.1 cm³/mol. The van der Waals surface area contributed by atoms with Crippen LogP contribution in [0.3, 0.4) is 0 Å². The summed E-state index contributed by atoms with van der Waals surface area (Å²) in [5, 5.41) is 9.08. The number of hydrogen-bond donors (Lipinski definition) is 1. The number of ether oxygens (including phenoxy) is 1. The average Bonchev–Trinajstić information content (AvgIpc) is 2.46. The van der Waals surface area contributed by atoms with Crippen molar-refractivity contribution >= 4 is 33.9 Å². The zero-order valence-electron chi connectivity index (χ0n) is 10.7. The number of carboxylic acid groups (broad SMARTS) is 1. The summed E-state index contributed by atoms with van der Waals surface area (Å²) in [6.45, 7) is 0.679. The molecule has 0 aromatic heterocycles. The number of carbonyl (C=O) groups is 2. The lowest BCUT2D eigenvalue weighted by Crippen LogP contribution is -2.52. The fourth-order valence-corrected chi connectivity index (χ4v) is 2.36. The number of benzene rings is 1. The molecule has 0 spiro atoms. The SMILES string of the molecule is O=C(O)C1COCCN1C(=O)C=Cc1ccccc1Br. The van der Waals surface area contributed by atoms with Gasteiger partial charge >= 0.3 is 5.97 Å². The van der Waals surface area contributed by atoms with Crippen molar-refractivity contribution in [1.82, 2.24) is 4.90 Å². The number of hydrogen-bond acceptors (Lipinski definition) is 3. The molecule has 0 saturated carbocycles. The predicted octanol–water partition coefficient (Wildman–Crippen LogP) is 1.77. The lowest BCUT2D eigenvalue weighted by atomic mass is 10.2. The molecule has 0 bridgehead atoms. The number of rotatable bonds is 3. The molecule has 1 atom stereocenters. The van der Waals surface area contributed by atoms with E-state index in [0.717, 1.165) is 10.0 Å². The molecule has 1 N–H and O–H groups in total. The Hall–Kier alpha value is -1.66. The van der Waals surface area contributed by atoms with Gasteiger partial charge in [0.05, 0.1) is 13.2 Å². The van der Waals surface area contributed by atoms with Crippen LogP contribution >= 0.6 is 15.9 Å². The molecule has 0 aliphatic carbocycles. The van der Waals surface area contributed by atoms with Crippen LogP contribution in [0.1, 0.15) is 5.56 Å². The fraction of sp³-hybridized carbons (Fsp3) is 0.286. The Balaban J connectivity index is 2.10. The third-order valence-electron chi connectivity index (χ3n) is 3.01. The van der Waals surface area contributed by atoms with Gasteiger partial charge in [0.25, 0.3) is 0 Å². The smallest absolute Gasteiger partial charge is 0.328 e. The third kappa shape index (κ3) is 3.46. The number of aliphatic carboxylic acids is 1. The molecular formula is C14H14BrNO4. The Kier molecular flexibility index (Phi) is 4.92. The number of halogens is 1. The summed E-state index contributed by atoms with van der Waals surface area (Å²) in [5.74, 6) is -1.37. The van der Waals surface area contributed by atoms with Crippen LogP contribution in [-0.4, -0.2) is 47.7 Å². The molecule has 106 valence electrons. The molecular weight excluding hydrogens is 326 g/mol. The van der Waals surface area contributed by atoms with E-state index in [9.17, 15) is 9.59 Å². The van der Waals surface area contributed by atoms with E-state index in [0.29, 0.717) is 6.61 Å². The first kappa shape index (κ1) is 14.7. The van der Waals surface area contributed by atoms with Crippen LogP contribution in [0.5, 0.6) is 0 Å². The van der Waals surface area contributed by atoms with Crippen LogP contribution in [0.15, 0.2) is 34.8 Å². The minimum atomic E-state index is -1.05. The Morgan fingerprint density at radius 3 is 2.85 bits per heavy atom.